The number of anilines is 1. The first-order valence-electron chi connectivity index (χ1n) is 5.54. The van der Waals surface area contributed by atoms with Gasteiger partial charge in [0.05, 0.1) is 10.6 Å². The van der Waals surface area contributed by atoms with Crippen LogP contribution in [-0.4, -0.2) is 26.1 Å². The Morgan fingerprint density at radius 1 is 1.24 bits per heavy atom. The summed E-state index contributed by atoms with van der Waals surface area (Å²) >= 11 is 1.03. The van der Waals surface area contributed by atoms with E-state index in [0.717, 1.165) is 11.3 Å². The standard InChI is InChI=1S/C11H10F3N3O2S2/c12-11(13,14)6-16-10-17-9(5-20-10)7-1-3-8(4-2-7)21(15,18)19/h1-5H,6H2,(H,16,17)(H2,15,18,19). The van der Waals surface area contributed by atoms with Crippen molar-refractivity contribution in [2.75, 3.05) is 11.9 Å². The third kappa shape index (κ3) is 4.41. The topological polar surface area (TPSA) is 85.1 Å². The van der Waals surface area contributed by atoms with Crippen LogP contribution in [0.1, 0.15) is 0 Å². The molecule has 1 aromatic carbocycles. The van der Waals surface area contributed by atoms with Gasteiger partial charge >= 0.3 is 6.18 Å². The molecular formula is C11H10F3N3O2S2. The van der Waals surface area contributed by atoms with Crippen molar-refractivity contribution in [3.63, 3.8) is 0 Å². The molecule has 2 aromatic rings. The molecule has 1 heterocycles. The maximum absolute atomic E-state index is 12.1. The van der Waals surface area contributed by atoms with Crippen LogP contribution in [0.15, 0.2) is 34.5 Å². The summed E-state index contributed by atoms with van der Waals surface area (Å²) in [4.78, 5) is 3.96. The van der Waals surface area contributed by atoms with Crippen LogP contribution in [0.4, 0.5) is 18.3 Å². The van der Waals surface area contributed by atoms with Crippen molar-refractivity contribution < 1.29 is 21.6 Å². The second kappa shape index (κ2) is 5.62. The van der Waals surface area contributed by atoms with Gasteiger partial charge in [-0.2, -0.15) is 13.2 Å². The number of sulfonamides is 1. The van der Waals surface area contributed by atoms with Gasteiger partial charge in [-0.1, -0.05) is 12.1 Å². The minimum Gasteiger partial charge on any atom is -0.352 e. The third-order valence-electron chi connectivity index (χ3n) is 2.42. The Bertz CT molecular complexity index is 724. The highest BCUT2D eigenvalue weighted by atomic mass is 32.2. The number of thiazole rings is 1. The number of halogens is 3. The molecule has 0 saturated carbocycles. The molecule has 10 heteroatoms. The second-order valence-electron chi connectivity index (χ2n) is 4.08. The second-order valence-corrected chi connectivity index (χ2v) is 6.50. The average molecular weight is 337 g/mol. The maximum Gasteiger partial charge on any atom is 0.405 e. The summed E-state index contributed by atoms with van der Waals surface area (Å²) in [7, 11) is -3.78. The first-order valence-corrected chi connectivity index (χ1v) is 7.97. The van der Waals surface area contributed by atoms with Crippen molar-refractivity contribution in [1.29, 1.82) is 0 Å². The number of hydrogen-bond donors (Lipinski definition) is 2. The molecule has 114 valence electrons. The number of hydrogen-bond acceptors (Lipinski definition) is 5. The Morgan fingerprint density at radius 3 is 2.38 bits per heavy atom. The highest BCUT2D eigenvalue weighted by molar-refractivity contribution is 7.89. The van der Waals surface area contributed by atoms with Crippen LogP contribution in [0.5, 0.6) is 0 Å². The van der Waals surface area contributed by atoms with Crippen molar-refractivity contribution in [2.24, 2.45) is 5.14 Å². The normalized spacial score (nSPS) is 12.4. The van der Waals surface area contributed by atoms with Crippen LogP contribution < -0.4 is 10.5 Å². The quantitative estimate of drug-likeness (QED) is 0.897. The molecule has 0 bridgehead atoms. The molecular weight excluding hydrogens is 327 g/mol. The lowest BCUT2D eigenvalue weighted by molar-refractivity contribution is -0.115. The molecule has 0 radical (unpaired) electrons. The van der Waals surface area contributed by atoms with E-state index in [0.29, 0.717) is 11.3 Å². The lowest BCUT2D eigenvalue weighted by Gasteiger charge is -2.06. The average Bonchev–Trinajstić information content (AvgIpc) is 2.83. The van der Waals surface area contributed by atoms with E-state index in [1.54, 1.807) is 5.38 Å². The van der Waals surface area contributed by atoms with Gasteiger partial charge in [-0.05, 0) is 12.1 Å². The van der Waals surface area contributed by atoms with E-state index in [1.165, 1.54) is 24.3 Å². The molecule has 0 aliphatic rings. The van der Waals surface area contributed by atoms with Crippen LogP contribution in [0.2, 0.25) is 0 Å². The van der Waals surface area contributed by atoms with Crippen LogP contribution in [-0.2, 0) is 10.0 Å². The zero-order chi connectivity index (χ0) is 15.7. The van der Waals surface area contributed by atoms with E-state index in [1.807, 2.05) is 0 Å². The maximum atomic E-state index is 12.1. The predicted octanol–water partition coefficient (Wildman–Crippen LogP) is 2.43. The summed E-state index contributed by atoms with van der Waals surface area (Å²) in [6.07, 6.45) is -4.32. The third-order valence-corrected chi connectivity index (χ3v) is 4.15. The lowest BCUT2D eigenvalue weighted by Crippen LogP contribution is -2.21. The van der Waals surface area contributed by atoms with E-state index in [4.69, 9.17) is 5.14 Å². The van der Waals surface area contributed by atoms with Gasteiger partial charge in [-0.15, -0.1) is 11.3 Å². The van der Waals surface area contributed by atoms with Crippen molar-refractivity contribution in [2.45, 2.75) is 11.1 Å². The van der Waals surface area contributed by atoms with Crippen LogP contribution in [0, 0.1) is 0 Å². The minimum atomic E-state index is -4.32. The molecule has 0 spiro atoms. The number of alkyl halides is 3. The summed E-state index contributed by atoms with van der Waals surface area (Å²) in [5.41, 5.74) is 1.03. The van der Waals surface area contributed by atoms with Crippen LogP contribution >= 0.6 is 11.3 Å². The largest absolute Gasteiger partial charge is 0.405 e. The van der Waals surface area contributed by atoms with E-state index < -0.39 is 22.7 Å². The number of nitrogens with zero attached hydrogens (tertiary/aromatic N) is 1. The zero-order valence-corrected chi connectivity index (χ0v) is 12.0. The fraction of sp³-hybridized carbons (Fsp3) is 0.182. The number of nitrogens with one attached hydrogen (secondary N) is 1. The Kier molecular flexibility index (Phi) is 4.21. The van der Waals surface area contributed by atoms with Gasteiger partial charge in [0.15, 0.2) is 5.13 Å². The van der Waals surface area contributed by atoms with Gasteiger partial charge in [0.25, 0.3) is 0 Å². The van der Waals surface area contributed by atoms with Crippen molar-refractivity contribution >= 4 is 26.5 Å². The Hall–Kier alpha value is -1.65. The summed E-state index contributed by atoms with van der Waals surface area (Å²) in [6.45, 7) is -1.16. The summed E-state index contributed by atoms with van der Waals surface area (Å²) in [5.74, 6) is 0. The molecule has 2 rings (SSSR count). The molecule has 5 nitrogen and oxygen atoms in total. The first kappa shape index (κ1) is 15.7. The monoisotopic (exact) mass is 337 g/mol. The summed E-state index contributed by atoms with van der Waals surface area (Å²) in [6, 6.07) is 5.60. The Morgan fingerprint density at radius 2 is 1.86 bits per heavy atom. The summed E-state index contributed by atoms with van der Waals surface area (Å²) in [5, 5.41) is 8.86. The molecule has 0 fully saturated rings. The van der Waals surface area contributed by atoms with E-state index >= 15 is 0 Å². The Labute approximate surface area is 122 Å². The fourth-order valence-corrected chi connectivity index (χ4v) is 2.71. The SMILES string of the molecule is NS(=O)(=O)c1ccc(-c2csc(NCC(F)(F)F)n2)cc1. The van der Waals surface area contributed by atoms with Gasteiger partial charge in [-0.3, -0.25) is 0 Å². The molecule has 1 aromatic heterocycles. The predicted molar refractivity (Wildman–Crippen MR) is 73.5 cm³/mol. The molecule has 0 amide bonds. The van der Waals surface area contributed by atoms with Crippen molar-refractivity contribution in [3.8, 4) is 11.3 Å². The van der Waals surface area contributed by atoms with E-state index in [2.05, 4.69) is 10.3 Å². The fourth-order valence-electron chi connectivity index (χ4n) is 1.48. The Balaban J connectivity index is 2.14. The summed E-state index contributed by atoms with van der Waals surface area (Å²) < 4.78 is 58.4. The number of primary sulfonamides is 1. The number of benzene rings is 1. The molecule has 3 N–H and O–H groups in total. The molecule has 0 unspecified atom stereocenters. The minimum absolute atomic E-state index is 0.0445. The van der Waals surface area contributed by atoms with E-state index in [9.17, 15) is 21.6 Å². The van der Waals surface area contributed by atoms with E-state index in [-0.39, 0.29) is 10.0 Å². The molecule has 0 aliphatic heterocycles. The van der Waals surface area contributed by atoms with Gasteiger partial charge in [-0.25, -0.2) is 18.5 Å². The number of rotatable bonds is 4. The van der Waals surface area contributed by atoms with Crippen LogP contribution in [0.3, 0.4) is 0 Å². The molecule has 0 aliphatic carbocycles. The zero-order valence-electron chi connectivity index (χ0n) is 10.4. The molecule has 21 heavy (non-hydrogen) atoms. The highest BCUT2D eigenvalue weighted by Crippen LogP contribution is 2.26. The first-order chi connectivity index (χ1) is 9.65. The lowest BCUT2D eigenvalue weighted by atomic mass is 10.2. The number of nitrogens with two attached hydrogens (primary N) is 1. The van der Waals surface area contributed by atoms with Gasteiger partial charge < -0.3 is 5.32 Å². The van der Waals surface area contributed by atoms with Crippen LogP contribution in [0.25, 0.3) is 11.3 Å². The van der Waals surface area contributed by atoms with Crippen molar-refractivity contribution in [1.82, 2.24) is 4.98 Å². The molecule has 0 saturated heterocycles. The molecule has 0 atom stereocenters. The van der Waals surface area contributed by atoms with Gasteiger partial charge in [0.2, 0.25) is 10.0 Å². The van der Waals surface area contributed by atoms with Gasteiger partial charge in [0, 0.05) is 10.9 Å². The van der Waals surface area contributed by atoms with Crippen molar-refractivity contribution in [3.05, 3.63) is 29.6 Å². The van der Waals surface area contributed by atoms with Gasteiger partial charge in [0.1, 0.15) is 6.54 Å². The smallest absolute Gasteiger partial charge is 0.352 e. The number of aromatic nitrogens is 1. The highest BCUT2D eigenvalue weighted by Gasteiger charge is 2.27.